The van der Waals surface area contributed by atoms with E-state index in [-0.39, 0.29) is 15.7 Å². The minimum absolute atomic E-state index is 0.0214. The van der Waals surface area contributed by atoms with Crippen molar-refractivity contribution in [3.63, 3.8) is 0 Å². The fraction of sp³-hybridized carbons (Fsp3) is 0.0909. The van der Waals surface area contributed by atoms with Crippen molar-refractivity contribution in [1.29, 1.82) is 0 Å². The van der Waals surface area contributed by atoms with Crippen LogP contribution in [0.2, 0.25) is 0 Å². The van der Waals surface area contributed by atoms with Gasteiger partial charge in [-0.1, -0.05) is 11.6 Å². The molecule has 2 aromatic rings. The van der Waals surface area contributed by atoms with Gasteiger partial charge in [0.25, 0.3) is 0 Å². The van der Waals surface area contributed by atoms with Crippen molar-refractivity contribution in [2.45, 2.75) is 6.92 Å². The van der Waals surface area contributed by atoms with E-state index in [1.165, 1.54) is 0 Å². The van der Waals surface area contributed by atoms with E-state index in [2.05, 4.69) is 15.9 Å². The predicted molar refractivity (Wildman–Crippen MR) is 60.3 cm³/mol. The van der Waals surface area contributed by atoms with Gasteiger partial charge in [-0.15, -0.1) is 0 Å². The zero-order valence-electron chi connectivity index (χ0n) is 7.91. The van der Waals surface area contributed by atoms with Crippen molar-refractivity contribution in [2.75, 3.05) is 0 Å². The Morgan fingerprint density at radius 3 is 2.80 bits per heavy atom. The van der Waals surface area contributed by atoms with E-state index < -0.39 is 0 Å². The Morgan fingerprint density at radius 1 is 1.40 bits per heavy atom. The summed E-state index contributed by atoms with van der Waals surface area (Å²) in [6.45, 7) is 1.88. The Kier molecular flexibility index (Phi) is 2.44. The van der Waals surface area contributed by atoms with Crippen molar-refractivity contribution in [1.82, 2.24) is 0 Å². The van der Waals surface area contributed by atoms with Crippen LogP contribution in [0.5, 0.6) is 0 Å². The lowest BCUT2D eigenvalue weighted by atomic mass is 10.1. The molecule has 0 N–H and O–H groups in total. The number of rotatable bonds is 1. The number of fused-ring (bicyclic) bond motifs is 1. The van der Waals surface area contributed by atoms with Crippen LogP contribution in [0.25, 0.3) is 11.0 Å². The van der Waals surface area contributed by atoms with Gasteiger partial charge in [-0.2, -0.15) is 0 Å². The molecule has 2 rings (SSSR count). The minimum atomic E-state index is -0.304. The van der Waals surface area contributed by atoms with E-state index in [4.69, 9.17) is 4.42 Å². The minimum Gasteiger partial charge on any atom is -0.448 e. The SMILES string of the molecule is Cc1ccc2oc(Br)c(C=O)c(=O)c2c1. The highest BCUT2D eigenvalue weighted by Gasteiger charge is 2.11. The van der Waals surface area contributed by atoms with E-state index in [1.807, 2.05) is 13.0 Å². The number of halogens is 1. The molecule has 0 amide bonds. The third kappa shape index (κ3) is 1.61. The Morgan fingerprint density at radius 2 is 2.13 bits per heavy atom. The summed E-state index contributed by atoms with van der Waals surface area (Å²) >= 11 is 3.05. The molecule has 1 aromatic heterocycles. The first kappa shape index (κ1) is 10.1. The van der Waals surface area contributed by atoms with Crippen molar-refractivity contribution < 1.29 is 9.21 Å². The molecule has 0 aliphatic heterocycles. The van der Waals surface area contributed by atoms with Gasteiger partial charge in [0.05, 0.1) is 5.39 Å². The monoisotopic (exact) mass is 266 g/mol. The van der Waals surface area contributed by atoms with Crippen LogP contribution in [-0.4, -0.2) is 6.29 Å². The average molecular weight is 267 g/mol. The summed E-state index contributed by atoms with van der Waals surface area (Å²) in [5, 5.41) is 0.431. The molecule has 0 saturated carbocycles. The quantitative estimate of drug-likeness (QED) is 0.746. The molecule has 0 aliphatic rings. The van der Waals surface area contributed by atoms with Gasteiger partial charge in [-0.25, -0.2) is 0 Å². The summed E-state index contributed by atoms with van der Waals surface area (Å²) in [5.74, 6) is 0. The largest absolute Gasteiger partial charge is 0.448 e. The number of aldehydes is 1. The fourth-order valence-corrected chi connectivity index (χ4v) is 1.84. The summed E-state index contributed by atoms with van der Waals surface area (Å²) in [6, 6.07) is 5.27. The summed E-state index contributed by atoms with van der Waals surface area (Å²) in [4.78, 5) is 22.5. The predicted octanol–water partition coefficient (Wildman–Crippen LogP) is 2.68. The van der Waals surface area contributed by atoms with E-state index in [1.54, 1.807) is 12.1 Å². The Balaban J connectivity index is 2.99. The fourth-order valence-electron chi connectivity index (χ4n) is 1.40. The molecule has 0 fully saturated rings. The maximum absolute atomic E-state index is 11.8. The van der Waals surface area contributed by atoms with Gasteiger partial charge < -0.3 is 4.42 Å². The molecule has 0 bridgehead atoms. The number of benzene rings is 1. The van der Waals surface area contributed by atoms with Gasteiger partial charge in [0.1, 0.15) is 11.1 Å². The molecule has 4 heteroatoms. The van der Waals surface area contributed by atoms with Crippen LogP contribution in [0.4, 0.5) is 0 Å². The van der Waals surface area contributed by atoms with Crippen LogP contribution in [0, 0.1) is 6.92 Å². The van der Waals surface area contributed by atoms with Crippen molar-refractivity contribution in [2.24, 2.45) is 0 Å². The number of hydrogen-bond donors (Lipinski definition) is 0. The number of aryl methyl sites for hydroxylation is 1. The third-order valence-corrected chi connectivity index (χ3v) is 2.74. The lowest BCUT2D eigenvalue weighted by molar-refractivity contribution is 0.111. The molecule has 1 heterocycles. The van der Waals surface area contributed by atoms with Crippen LogP contribution in [0.15, 0.2) is 32.1 Å². The average Bonchev–Trinajstić information content (AvgIpc) is 2.20. The summed E-state index contributed by atoms with van der Waals surface area (Å²) in [6.07, 6.45) is 0.498. The summed E-state index contributed by atoms with van der Waals surface area (Å²) in [7, 11) is 0. The maximum Gasteiger partial charge on any atom is 0.204 e. The van der Waals surface area contributed by atoms with Crippen molar-refractivity contribution in [3.8, 4) is 0 Å². The molecule has 0 atom stereocenters. The molecular weight excluding hydrogens is 260 g/mol. The molecule has 0 saturated heterocycles. The first-order valence-corrected chi connectivity index (χ1v) is 5.11. The van der Waals surface area contributed by atoms with Crippen LogP contribution in [0.1, 0.15) is 15.9 Å². The van der Waals surface area contributed by atoms with Crippen LogP contribution >= 0.6 is 15.9 Å². The number of carbonyl (C=O) groups excluding carboxylic acids is 1. The van der Waals surface area contributed by atoms with Gasteiger partial charge in [0, 0.05) is 0 Å². The highest BCUT2D eigenvalue weighted by molar-refractivity contribution is 9.10. The Hall–Kier alpha value is -1.42. The van der Waals surface area contributed by atoms with Crippen LogP contribution < -0.4 is 5.43 Å². The first-order chi connectivity index (χ1) is 7.13. The first-order valence-electron chi connectivity index (χ1n) is 4.31. The van der Waals surface area contributed by atoms with E-state index in [0.29, 0.717) is 17.3 Å². The lowest BCUT2D eigenvalue weighted by Crippen LogP contribution is -2.09. The molecule has 0 radical (unpaired) electrons. The highest BCUT2D eigenvalue weighted by Crippen LogP contribution is 2.20. The molecule has 15 heavy (non-hydrogen) atoms. The van der Waals surface area contributed by atoms with Gasteiger partial charge in [0.15, 0.2) is 11.0 Å². The molecule has 1 aromatic carbocycles. The molecule has 0 aliphatic carbocycles. The number of hydrogen-bond acceptors (Lipinski definition) is 3. The summed E-state index contributed by atoms with van der Waals surface area (Å²) < 4.78 is 5.48. The molecule has 0 unspecified atom stereocenters. The van der Waals surface area contributed by atoms with E-state index in [0.717, 1.165) is 5.56 Å². The third-order valence-electron chi connectivity index (χ3n) is 2.15. The van der Waals surface area contributed by atoms with Gasteiger partial charge >= 0.3 is 0 Å². The molecular formula is C11H7BrO3. The van der Waals surface area contributed by atoms with Gasteiger partial charge in [0.2, 0.25) is 5.43 Å². The standard InChI is InChI=1S/C11H7BrO3/c1-6-2-3-9-7(4-6)10(14)8(5-13)11(12)15-9/h2-5H,1H3. The molecule has 0 spiro atoms. The molecule has 76 valence electrons. The van der Waals surface area contributed by atoms with Crippen molar-refractivity contribution >= 4 is 33.2 Å². The zero-order chi connectivity index (χ0) is 11.0. The van der Waals surface area contributed by atoms with Crippen LogP contribution in [0.3, 0.4) is 0 Å². The second kappa shape index (κ2) is 3.62. The zero-order valence-corrected chi connectivity index (χ0v) is 9.50. The normalized spacial score (nSPS) is 10.5. The molecule has 3 nitrogen and oxygen atoms in total. The van der Waals surface area contributed by atoms with E-state index in [9.17, 15) is 9.59 Å². The smallest absolute Gasteiger partial charge is 0.204 e. The maximum atomic E-state index is 11.8. The second-order valence-corrected chi connectivity index (χ2v) is 3.96. The number of carbonyl (C=O) groups is 1. The van der Waals surface area contributed by atoms with E-state index >= 15 is 0 Å². The van der Waals surface area contributed by atoms with Crippen LogP contribution in [-0.2, 0) is 0 Å². The topological polar surface area (TPSA) is 47.3 Å². The van der Waals surface area contributed by atoms with Gasteiger partial charge in [-0.3, -0.25) is 9.59 Å². The lowest BCUT2D eigenvalue weighted by Gasteiger charge is -2.01. The van der Waals surface area contributed by atoms with Gasteiger partial charge in [-0.05, 0) is 35.0 Å². The van der Waals surface area contributed by atoms with Crippen molar-refractivity contribution in [3.05, 3.63) is 44.2 Å². The highest BCUT2D eigenvalue weighted by atomic mass is 79.9. The summed E-state index contributed by atoms with van der Waals surface area (Å²) in [5.41, 5.74) is 1.15. The second-order valence-electron chi connectivity index (χ2n) is 3.24. The Labute approximate surface area is 93.8 Å². The Bertz CT molecular complexity index is 599.